The Morgan fingerprint density at radius 1 is 1.18 bits per heavy atom. The predicted molar refractivity (Wildman–Crippen MR) is 66.3 cm³/mol. The van der Waals surface area contributed by atoms with Gasteiger partial charge in [-0.2, -0.15) is 26.3 Å². The van der Waals surface area contributed by atoms with Gasteiger partial charge < -0.3 is 5.32 Å². The van der Waals surface area contributed by atoms with E-state index >= 15 is 0 Å². The van der Waals surface area contributed by atoms with Gasteiger partial charge in [-0.1, -0.05) is 24.3 Å². The zero-order valence-electron chi connectivity index (χ0n) is 10.6. The van der Waals surface area contributed by atoms with E-state index in [9.17, 15) is 31.1 Å². The normalized spacial score (nSPS) is 18.5. The van der Waals surface area contributed by atoms with Gasteiger partial charge in [0.2, 0.25) is 0 Å². The molecule has 0 radical (unpaired) electrons. The van der Waals surface area contributed by atoms with Crippen molar-refractivity contribution >= 4 is 17.2 Å². The summed E-state index contributed by atoms with van der Waals surface area (Å²) < 4.78 is 75.8. The number of halogens is 6. The molecule has 0 aromatic carbocycles. The first-order valence-corrected chi connectivity index (χ1v) is 6.70. The highest BCUT2D eigenvalue weighted by molar-refractivity contribution is 7.14. The molecule has 1 amide bonds. The molecule has 0 aliphatic heterocycles. The van der Waals surface area contributed by atoms with Gasteiger partial charge in [-0.15, -0.1) is 11.3 Å². The van der Waals surface area contributed by atoms with E-state index in [1.54, 1.807) is 18.2 Å². The van der Waals surface area contributed by atoms with Crippen LogP contribution in [0.2, 0.25) is 0 Å². The van der Waals surface area contributed by atoms with Gasteiger partial charge in [0.25, 0.3) is 5.91 Å². The van der Waals surface area contributed by atoms with Crippen LogP contribution < -0.4 is 5.32 Å². The zero-order chi connectivity index (χ0) is 16.5. The number of allylic oxidation sites excluding steroid dienone is 2. The van der Waals surface area contributed by atoms with Gasteiger partial charge in [0.15, 0.2) is 10.7 Å². The van der Waals surface area contributed by atoms with Gasteiger partial charge in [-0.25, -0.2) is 4.98 Å². The predicted octanol–water partition coefficient (Wildman–Crippen LogP) is 3.80. The van der Waals surface area contributed by atoms with Crippen LogP contribution in [-0.2, 0) is 12.4 Å². The Hall–Kier alpha value is -1.84. The Kier molecular flexibility index (Phi) is 4.32. The van der Waals surface area contributed by atoms with Crippen molar-refractivity contribution in [3.8, 4) is 0 Å². The quantitative estimate of drug-likeness (QED) is 0.831. The molecule has 10 heteroatoms. The SMILES string of the molecule is O=C(NC1C=CC=CC1)c1sc(C(F)(F)F)nc1C(F)(F)F. The molecule has 1 aromatic heterocycles. The van der Waals surface area contributed by atoms with Gasteiger partial charge >= 0.3 is 12.4 Å². The van der Waals surface area contributed by atoms with Crippen LogP contribution in [0.3, 0.4) is 0 Å². The zero-order valence-corrected chi connectivity index (χ0v) is 11.4. The molecule has 1 aliphatic rings. The second-order valence-corrected chi connectivity index (χ2v) is 5.32. The average molecular weight is 342 g/mol. The van der Waals surface area contributed by atoms with E-state index in [0.717, 1.165) is 0 Å². The van der Waals surface area contributed by atoms with Crippen molar-refractivity contribution in [2.75, 3.05) is 0 Å². The van der Waals surface area contributed by atoms with Gasteiger partial charge in [0.1, 0.15) is 4.88 Å². The lowest BCUT2D eigenvalue weighted by molar-refractivity contribution is -0.147. The number of alkyl halides is 6. The number of hydrogen-bond acceptors (Lipinski definition) is 3. The molecular formula is C12H8F6N2OS. The molecule has 1 aliphatic carbocycles. The number of carbonyl (C=O) groups excluding carboxylic acids is 1. The molecule has 1 heterocycles. The minimum absolute atomic E-state index is 0.320. The van der Waals surface area contributed by atoms with Crippen LogP contribution in [0.25, 0.3) is 0 Å². The maximum absolute atomic E-state index is 12.8. The topological polar surface area (TPSA) is 42.0 Å². The first-order valence-electron chi connectivity index (χ1n) is 5.88. The molecule has 0 saturated heterocycles. The molecule has 1 N–H and O–H groups in total. The highest BCUT2D eigenvalue weighted by Crippen LogP contribution is 2.40. The van der Waals surface area contributed by atoms with Crippen LogP contribution in [-0.4, -0.2) is 16.9 Å². The molecule has 0 spiro atoms. The van der Waals surface area contributed by atoms with E-state index in [4.69, 9.17) is 0 Å². The summed E-state index contributed by atoms with van der Waals surface area (Å²) >= 11 is -0.320. The van der Waals surface area contributed by atoms with Crippen LogP contribution in [0.15, 0.2) is 24.3 Å². The number of rotatable bonds is 2. The minimum Gasteiger partial charge on any atom is -0.345 e. The van der Waals surface area contributed by atoms with E-state index in [-0.39, 0.29) is 11.3 Å². The third-order valence-electron chi connectivity index (χ3n) is 2.64. The molecule has 2 rings (SSSR count). The summed E-state index contributed by atoms with van der Waals surface area (Å²) in [5, 5.41) is 0.534. The summed E-state index contributed by atoms with van der Waals surface area (Å²) in [7, 11) is 0. The Bertz CT molecular complexity index is 629. The standard InChI is InChI=1S/C12H8F6N2OS/c13-11(14,15)8-7(22-10(20-8)12(16,17)18)9(21)19-6-4-2-1-3-5-6/h1-4,6H,5H2,(H,19,21). The molecule has 0 fully saturated rings. The number of nitrogens with zero attached hydrogens (tertiary/aromatic N) is 1. The summed E-state index contributed by atoms with van der Waals surface area (Å²) in [6, 6.07) is -0.574. The molecule has 22 heavy (non-hydrogen) atoms. The lowest BCUT2D eigenvalue weighted by Crippen LogP contribution is -2.34. The smallest absolute Gasteiger partial charge is 0.345 e. The summed E-state index contributed by atoms with van der Waals surface area (Å²) in [6.45, 7) is 0. The maximum Gasteiger partial charge on any atom is 0.443 e. The number of amides is 1. The third-order valence-corrected chi connectivity index (χ3v) is 3.74. The summed E-state index contributed by atoms with van der Waals surface area (Å²) in [5.74, 6) is -1.23. The monoisotopic (exact) mass is 342 g/mol. The molecule has 3 nitrogen and oxygen atoms in total. The number of carbonyl (C=O) groups is 1. The lowest BCUT2D eigenvalue weighted by atomic mass is 10.1. The number of thiazole rings is 1. The van der Waals surface area contributed by atoms with Gasteiger partial charge in [0.05, 0.1) is 6.04 Å². The molecule has 1 aromatic rings. The second kappa shape index (κ2) is 5.75. The van der Waals surface area contributed by atoms with E-state index in [2.05, 4.69) is 10.3 Å². The highest BCUT2D eigenvalue weighted by Gasteiger charge is 2.44. The van der Waals surface area contributed by atoms with E-state index in [1.807, 2.05) is 0 Å². The molecule has 1 atom stereocenters. The minimum atomic E-state index is -5.14. The fourth-order valence-electron chi connectivity index (χ4n) is 1.71. The van der Waals surface area contributed by atoms with Crippen molar-refractivity contribution in [2.24, 2.45) is 0 Å². The van der Waals surface area contributed by atoms with E-state index in [1.165, 1.54) is 6.08 Å². The van der Waals surface area contributed by atoms with Crippen LogP contribution in [0.4, 0.5) is 26.3 Å². The number of aromatic nitrogens is 1. The first kappa shape index (κ1) is 16.5. The highest BCUT2D eigenvalue weighted by atomic mass is 32.1. The fraction of sp³-hybridized carbons (Fsp3) is 0.333. The maximum atomic E-state index is 12.8. The molecule has 120 valence electrons. The van der Waals surface area contributed by atoms with Gasteiger partial charge in [0, 0.05) is 0 Å². The number of nitrogens with one attached hydrogen (secondary N) is 1. The third kappa shape index (κ3) is 3.67. The van der Waals surface area contributed by atoms with Gasteiger partial charge in [-0.3, -0.25) is 4.79 Å². The van der Waals surface area contributed by atoms with Crippen molar-refractivity contribution in [3.63, 3.8) is 0 Å². The number of hydrogen-bond donors (Lipinski definition) is 1. The first-order chi connectivity index (χ1) is 10.1. The van der Waals surface area contributed by atoms with Crippen LogP contribution in [0.5, 0.6) is 0 Å². The summed E-state index contributed by atoms with van der Waals surface area (Å²) in [5.41, 5.74) is -1.82. The van der Waals surface area contributed by atoms with Crippen molar-refractivity contribution in [3.05, 3.63) is 39.9 Å². The van der Waals surface area contributed by atoms with Crippen molar-refractivity contribution < 1.29 is 31.1 Å². The fourth-order valence-corrected chi connectivity index (χ4v) is 2.56. The molecule has 0 bridgehead atoms. The molecule has 0 saturated carbocycles. The van der Waals surface area contributed by atoms with E-state index in [0.29, 0.717) is 6.42 Å². The van der Waals surface area contributed by atoms with E-state index < -0.39 is 39.9 Å². The van der Waals surface area contributed by atoms with Gasteiger partial charge in [-0.05, 0) is 6.42 Å². The Morgan fingerprint density at radius 2 is 1.86 bits per heavy atom. The van der Waals surface area contributed by atoms with Crippen molar-refractivity contribution in [1.82, 2.24) is 10.3 Å². The summed E-state index contributed by atoms with van der Waals surface area (Å²) in [6.07, 6.45) is -3.40. The lowest BCUT2D eigenvalue weighted by Gasteiger charge is -2.15. The molecular weight excluding hydrogens is 334 g/mol. The Balaban J connectivity index is 2.32. The van der Waals surface area contributed by atoms with Crippen LogP contribution in [0, 0.1) is 0 Å². The van der Waals surface area contributed by atoms with Crippen LogP contribution >= 0.6 is 11.3 Å². The van der Waals surface area contributed by atoms with Crippen LogP contribution in [0.1, 0.15) is 26.8 Å². The Morgan fingerprint density at radius 3 is 2.36 bits per heavy atom. The largest absolute Gasteiger partial charge is 0.443 e. The van der Waals surface area contributed by atoms with Crippen molar-refractivity contribution in [1.29, 1.82) is 0 Å². The average Bonchev–Trinajstić information content (AvgIpc) is 2.84. The second-order valence-electron chi connectivity index (χ2n) is 4.32. The molecule has 1 unspecified atom stereocenters. The van der Waals surface area contributed by atoms with Crippen molar-refractivity contribution in [2.45, 2.75) is 24.8 Å². The summed E-state index contributed by atoms with van der Waals surface area (Å²) in [4.78, 5) is 13.3. The Labute approximate surface area is 124 Å².